The Morgan fingerprint density at radius 1 is 1.25 bits per heavy atom. The van der Waals surface area contributed by atoms with Crippen LogP contribution in [0.5, 0.6) is 0 Å². The SMILES string of the molecule is Cc1cc(C(=O)C2C3CCCCC32)c(C)s1. The van der Waals surface area contributed by atoms with Gasteiger partial charge in [-0.25, -0.2) is 0 Å². The van der Waals surface area contributed by atoms with Gasteiger partial charge in [-0.2, -0.15) is 0 Å². The Balaban J connectivity index is 1.81. The molecule has 2 heteroatoms. The maximum Gasteiger partial charge on any atom is 0.167 e. The van der Waals surface area contributed by atoms with Crippen LogP contribution < -0.4 is 0 Å². The molecule has 3 rings (SSSR count). The highest BCUT2D eigenvalue weighted by atomic mass is 32.1. The molecule has 1 heterocycles. The van der Waals surface area contributed by atoms with E-state index in [0.717, 1.165) is 17.4 Å². The van der Waals surface area contributed by atoms with Crippen LogP contribution in [0.25, 0.3) is 0 Å². The van der Waals surface area contributed by atoms with Crippen molar-refractivity contribution < 1.29 is 4.79 Å². The van der Waals surface area contributed by atoms with Gasteiger partial charge in [-0.3, -0.25) is 4.79 Å². The van der Waals surface area contributed by atoms with Crippen molar-refractivity contribution in [3.63, 3.8) is 0 Å². The van der Waals surface area contributed by atoms with Gasteiger partial charge in [0.1, 0.15) is 0 Å². The highest BCUT2D eigenvalue weighted by Gasteiger charge is 2.54. The number of thiophene rings is 1. The Labute approximate surface area is 101 Å². The monoisotopic (exact) mass is 234 g/mol. The van der Waals surface area contributed by atoms with Gasteiger partial charge in [0.05, 0.1) is 0 Å². The molecule has 0 aromatic carbocycles. The van der Waals surface area contributed by atoms with Gasteiger partial charge in [0.2, 0.25) is 0 Å². The Bertz CT molecular complexity index is 420. The predicted octanol–water partition coefficient (Wildman–Crippen LogP) is 3.98. The number of Topliss-reactive ketones (excluding diaryl/α,β-unsaturated/α-hetero) is 1. The third-order valence-electron chi connectivity index (χ3n) is 4.27. The lowest BCUT2D eigenvalue weighted by Crippen LogP contribution is -2.04. The second-order valence-corrected chi connectivity index (χ2v) is 6.79. The summed E-state index contributed by atoms with van der Waals surface area (Å²) in [4.78, 5) is 14.9. The van der Waals surface area contributed by atoms with Crippen molar-refractivity contribution in [3.8, 4) is 0 Å². The van der Waals surface area contributed by atoms with E-state index in [1.807, 2.05) is 0 Å². The Hall–Kier alpha value is -0.630. The van der Waals surface area contributed by atoms with Gasteiger partial charge in [0.25, 0.3) is 0 Å². The fourth-order valence-corrected chi connectivity index (χ4v) is 4.37. The summed E-state index contributed by atoms with van der Waals surface area (Å²) in [6.45, 7) is 4.17. The Kier molecular flexibility index (Phi) is 2.43. The number of fused-ring (bicyclic) bond motifs is 1. The van der Waals surface area contributed by atoms with E-state index < -0.39 is 0 Å². The Morgan fingerprint density at radius 3 is 2.38 bits per heavy atom. The van der Waals surface area contributed by atoms with Crippen LogP contribution >= 0.6 is 11.3 Å². The zero-order valence-corrected chi connectivity index (χ0v) is 10.8. The molecule has 1 aromatic rings. The molecule has 0 amide bonds. The van der Waals surface area contributed by atoms with E-state index in [4.69, 9.17) is 0 Å². The minimum absolute atomic E-state index is 0.384. The molecule has 0 bridgehead atoms. The number of carbonyl (C=O) groups is 1. The zero-order valence-electron chi connectivity index (χ0n) is 9.95. The van der Waals surface area contributed by atoms with Crippen molar-refractivity contribution in [1.82, 2.24) is 0 Å². The smallest absolute Gasteiger partial charge is 0.167 e. The van der Waals surface area contributed by atoms with Crippen LogP contribution in [0.15, 0.2) is 6.07 Å². The molecule has 2 saturated carbocycles. The third-order valence-corrected chi connectivity index (χ3v) is 5.23. The predicted molar refractivity (Wildman–Crippen MR) is 67.1 cm³/mol. The molecule has 2 unspecified atom stereocenters. The van der Waals surface area contributed by atoms with E-state index in [2.05, 4.69) is 19.9 Å². The molecule has 2 fully saturated rings. The first-order valence-electron chi connectivity index (χ1n) is 6.29. The van der Waals surface area contributed by atoms with Crippen LogP contribution in [0.2, 0.25) is 0 Å². The van der Waals surface area contributed by atoms with Crippen LogP contribution in [0.4, 0.5) is 0 Å². The van der Waals surface area contributed by atoms with Crippen molar-refractivity contribution in [2.45, 2.75) is 39.5 Å². The van der Waals surface area contributed by atoms with Gasteiger partial charge in [-0.15, -0.1) is 11.3 Å². The second-order valence-electron chi connectivity index (χ2n) is 5.33. The number of aryl methyl sites for hydroxylation is 2. The molecule has 2 aliphatic rings. The highest BCUT2D eigenvalue weighted by molar-refractivity contribution is 7.12. The summed E-state index contributed by atoms with van der Waals surface area (Å²) in [6.07, 6.45) is 5.27. The van der Waals surface area contributed by atoms with Crippen LogP contribution in [-0.4, -0.2) is 5.78 Å². The maximum atomic E-state index is 12.4. The van der Waals surface area contributed by atoms with Crippen molar-refractivity contribution >= 4 is 17.1 Å². The summed E-state index contributed by atoms with van der Waals surface area (Å²) >= 11 is 1.76. The van der Waals surface area contributed by atoms with Crippen LogP contribution in [-0.2, 0) is 0 Å². The molecule has 2 atom stereocenters. The minimum Gasteiger partial charge on any atom is -0.294 e. The van der Waals surface area contributed by atoms with Crippen molar-refractivity contribution in [2.24, 2.45) is 17.8 Å². The summed E-state index contributed by atoms with van der Waals surface area (Å²) in [5, 5.41) is 0. The summed E-state index contributed by atoms with van der Waals surface area (Å²) in [5.41, 5.74) is 1.02. The van der Waals surface area contributed by atoms with Gasteiger partial charge in [-0.05, 0) is 44.6 Å². The Morgan fingerprint density at radius 2 is 1.88 bits per heavy atom. The van der Waals surface area contributed by atoms with E-state index in [-0.39, 0.29) is 0 Å². The molecule has 0 saturated heterocycles. The number of carbonyl (C=O) groups excluding carboxylic acids is 1. The molecule has 0 N–H and O–H groups in total. The first kappa shape index (κ1) is 10.5. The molecule has 1 nitrogen and oxygen atoms in total. The van der Waals surface area contributed by atoms with E-state index in [9.17, 15) is 4.79 Å². The molecule has 1 aromatic heterocycles. The minimum atomic E-state index is 0.384. The van der Waals surface area contributed by atoms with Gasteiger partial charge >= 0.3 is 0 Å². The molecule has 0 aliphatic heterocycles. The first-order valence-corrected chi connectivity index (χ1v) is 7.11. The van der Waals surface area contributed by atoms with E-state index in [0.29, 0.717) is 11.7 Å². The quantitative estimate of drug-likeness (QED) is 0.707. The maximum absolute atomic E-state index is 12.4. The molecular formula is C14H18OS. The molecule has 0 radical (unpaired) electrons. The lowest BCUT2D eigenvalue weighted by atomic mass is 10.0. The van der Waals surface area contributed by atoms with Gasteiger partial charge in [0, 0.05) is 21.2 Å². The molecule has 16 heavy (non-hydrogen) atoms. The summed E-state index contributed by atoms with van der Waals surface area (Å²) in [6, 6.07) is 2.09. The third kappa shape index (κ3) is 1.55. The van der Waals surface area contributed by atoms with Crippen LogP contribution in [0.1, 0.15) is 45.8 Å². The summed E-state index contributed by atoms with van der Waals surface area (Å²) in [7, 11) is 0. The standard InChI is InChI=1S/C14H18OS/c1-8-7-12(9(2)16-8)14(15)13-10-5-3-4-6-11(10)13/h7,10-11,13H,3-6H2,1-2H3. The van der Waals surface area contributed by atoms with Crippen molar-refractivity contribution in [1.29, 1.82) is 0 Å². The average Bonchev–Trinajstić information content (AvgIpc) is 2.89. The highest BCUT2D eigenvalue weighted by Crippen LogP contribution is 2.56. The summed E-state index contributed by atoms with van der Waals surface area (Å²) < 4.78 is 0. The average molecular weight is 234 g/mol. The second kappa shape index (κ2) is 3.69. The zero-order chi connectivity index (χ0) is 11.3. The molecule has 2 aliphatic carbocycles. The normalized spacial score (nSPS) is 32.2. The topological polar surface area (TPSA) is 17.1 Å². The van der Waals surface area contributed by atoms with Crippen LogP contribution in [0.3, 0.4) is 0 Å². The van der Waals surface area contributed by atoms with Crippen molar-refractivity contribution in [2.75, 3.05) is 0 Å². The van der Waals surface area contributed by atoms with E-state index >= 15 is 0 Å². The van der Waals surface area contributed by atoms with Gasteiger partial charge in [-0.1, -0.05) is 12.8 Å². The van der Waals surface area contributed by atoms with Gasteiger partial charge in [0.15, 0.2) is 5.78 Å². The fraction of sp³-hybridized carbons (Fsp3) is 0.643. The molecule has 0 spiro atoms. The van der Waals surface area contributed by atoms with E-state index in [1.165, 1.54) is 35.4 Å². The van der Waals surface area contributed by atoms with Crippen LogP contribution in [0, 0.1) is 31.6 Å². The first-order chi connectivity index (χ1) is 7.68. The molecular weight excluding hydrogens is 216 g/mol. The molecule has 86 valence electrons. The van der Waals surface area contributed by atoms with Gasteiger partial charge < -0.3 is 0 Å². The lowest BCUT2D eigenvalue weighted by molar-refractivity contribution is 0.0956. The largest absolute Gasteiger partial charge is 0.294 e. The number of ketones is 1. The van der Waals surface area contributed by atoms with Crippen molar-refractivity contribution in [3.05, 3.63) is 21.4 Å². The number of rotatable bonds is 2. The summed E-state index contributed by atoms with van der Waals surface area (Å²) in [5.74, 6) is 2.30. The number of hydrogen-bond acceptors (Lipinski definition) is 2. The fourth-order valence-electron chi connectivity index (χ4n) is 3.44. The van der Waals surface area contributed by atoms with E-state index in [1.54, 1.807) is 11.3 Å². The lowest BCUT2D eigenvalue weighted by Gasteiger charge is -2.04. The number of hydrogen-bond donors (Lipinski definition) is 0.